The third-order valence-electron chi connectivity index (χ3n) is 3.31. The molecule has 0 atom stereocenters. The van der Waals surface area contributed by atoms with Crippen LogP contribution in [0, 0.1) is 12.3 Å². The lowest BCUT2D eigenvalue weighted by molar-refractivity contribution is -0.121. The van der Waals surface area contributed by atoms with Crippen molar-refractivity contribution in [2.45, 2.75) is 46.6 Å². The Hall–Kier alpha value is -1.14. The van der Waals surface area contributed by atoms with Gasteiger partial charge in [0.05, 0.1) is 0 Å². The average Bonchev–Trinajstić information content (AvgIpc) is 2.68. The fourth-order valence-electron chi connectivity index (χ4n) is 1.89. The predicted octanol–water partition coefficient (Wildman–Crippen LogP) is 1.52. The van der Waals surface area contributed by atoms with Crippen molar-refractivity contribution in [3.05, 3.63) is 20.7 Å². The van der Waals surface area contributed by atoms with E-state index in [-0.39, 0.29) is 22.8 Å². The summed E-state index contributed by atoms with van der Waals surface area (Å²) in [5.41, 5.74) is 0.857. The van der Waals surface area contributed by atoms with Gasteiger partial charge in [-0.2, -0.15) is 0 Å². The van der Waals surface area contributed by atoms with Gasteiger partial charge >= 0.3 is 4.87 Å². The highest BCUT2D eigenvalue weighted by molar-refractivity contribution is 7.07. The normalized spacial score (nSPS) is 11.6. The van der Waals surface area contributed by atoms with Crippen molar-refractivity contribution in [1.82, 2.24) is 9.88 Å². The summed E-state index contributed by atoms with van der Waals surface area (Å²) in [5, 5.41) is 13.6. The van der Waals surface area contributed by atoms with E-state index in [4.69, 9.17) is 5.11 Å². The predicted molar refractivity (Wildman–Crippen MR) is 81.0 cm³/mol. The van der Waals surface area contributed by atoms with Crippen molar-refractivity contribution < 1.29 is 9.90 Å². The number of hydrogen-bond donors (Lipinski definition) is 2. The van der Waals surface area contributed by atoms with Crippen LogP contribution in [0.25, 0.3) is 0 Å². The summed E-state index contributed by atoms with van der Waals surface area (Å²) < 4.78 is 1.70. The number of thiazole rings is 1. The molecule has 0 fully saturated rings. The minimum Gasteiger partial charge on any atom is -0.396 e. The van der Waals surface area contributed by atoms with Gasteiger partial charge < -0.3 is 15.0 Å². The smallest absolute Gasteiger partial charge is 0.307 e. The highest BCUT2D eigenvalue weighted by Crippen LogP contribution is 2.17. The number of carbonyl (C=O) groups excluding carboxylic acids is 1. The first-order chi connectivity index (χ1) is 9.35. The second-order valence-electron chi connectivity index (χ2n) is 5.81. The van der Waals surface area contributed by atoms with Crippen LogP contribution >= 0.6 is 11.3 Å². The van der Waals surface area contributed by atoms with E-state index in [0.29, 0.717) is 32.4 Å². The SMILES string of the molecule is Cc1csc(=O)n1CCCC(=O)NCC(C)(C)CCO. The lowest BCUT2D eigenvalue weighted by atomic mass is 9.90. The maximum Gasteiger partial charge on any atom is 0.307 e. The van der Waals surface area contributed by atoms with Gasteiger partial charge in [-0.05, 0) is 25.2 Å². The monoisotopic (exact) mass is 300 g/mol. The minimum atomic E-state index is -0.0920. The molecule has 1 heterocycles. The molecule has 20 heavy (non-hydrogen) atoms. The molecule has 0 aromatic carbocycles. The quantitative estimate of drug-likeness (QED) is 0.764. The highest BCUT2D eigenvalue weighted by atomic mass is 32.1. The number of aryl methyl sites for hydroxylation is 1. The summed E-state index contributed by atoms with van der Waals surface area (Å²) in [6.07, 6.45) is 1.73. The topological polar surface area (TPSA) is 71.3 Å². The van der Waals surface area contributed by atoms with Crippen LogP contribution in [0.15, 0.2) is 10.2 Å². The molecule has 114 valence electrons. The summed E-state index contributed by atoms with van der Waals surface area (Å²) in [4.78, 5) is 23.3. The minimum absolute atomic E-state index is 0.00283. The lowest BCUT2D eigenvalue weighted by Crippen LogP contribution is -2.34. The van der Waals surface area contributed by atoms with Crippen molar-refractivity contribution >= 4 is 17.2 Å². The van der Waals surface area contributed by atoms with Gasteiger partial charge in [-0.15, -0.1) is 0 Å². The number of carbonyl (C=O) groups is 1. The van der Waals surface area contributed by atoms with Gasteiger partial charge in [0, 0.05) is 37.2 Å². The average molecular weight is 300 g/mol. The molecule has 0 aliphatic rings. The number of rotatable bonds is 8. The largest absolute Gasteiger partial charge is 0.396 e. The van der Waals surface area contributed by atoms with Gasteiger partial charge in [0.25, 0.3) is 0 Å². The van der Waals surface area contributed by atoms with Crippen LogP contribution in [-0.4, -0.2) is 28.7 Å². The maximum atomic E-state index is 11.7. The van der Waals surface area contributed by atoms with Crippen LogP contribution in [0.4, 0.5) is 0 Å². The van der Waals surface area contributed by atoms with Crippen molar-refractivity contribution in [3.63, 3.8) is 0 Å². The summed E-state index contributed by atoms with van der Waals surface area (Å²) in [5.74, 6) is -0.00283. The van der Waals surface area contributed by atoms with Gasteiger partial charge in [-0.1, -0.05) is 25.2 Å². The van der Waals surface area contributed by atoms with E-state index in [1.54, 1.807) is 4.57 Å². The molecule has 1 aromatic rings. The van der Waals surface area contributed by atoms with Gasteiger partial charge in [0.15, 0.2) is 0 Å². The standard InChI is InChI=1S/C14H24N2O3S/c1-11-9-20-13(19)16(11)7-4-5-12(18)15-10-14(2,3)6-8-17/h9,17H,4-8,10H2,1-3H3,(H,15,18). The van der Waals surface area contributed by atoms with Crippen molar-refractivity contribution in [2.75, 3.05) is 13.2 Å². The zero-order valence-electron chi connectivity index (χ0n) is 12.4. The van der Waals surface area contributed by atoms with E-state index in [1.807, 2.05) is 26.2 Å². The number of aliphatic hydroxyl groups is 1. The molecule has 1 amide bonds. The molecule has 2 N–H and O–H groups in total. The molecule has 0 saturated carbocycles. The molecular formula is C14H24N2O3S. The fraction of sp³-hybridized carbons (Fsp3) is 0.714. The number of amides is 1. The van der Waals surface area contributed by atoms with Crippen molar-refractivity contribution in [1.29, 1.82) is 0 Å². The second kappa shape index (κ2) is 7.59. The second-order valence-corrected chi connectivity index (χ2v) is 6.63. The van der Waals surface area contributed by atoms with Gasteiger partial charge in [0.2, 0.25) is 5.91 Å². The zero-order valence-corrected chi connectivity index (χ0v) is 13.3. The highest BCUT2D eigenvalue weighted by Gasteiger charge is 2.17. The molecule has 0 spiro atoms. The Labute approximate surface area is 123 Å². The molecule has 1 rings (SSSR count). The zero-order chi connectivity index (χ0) is 15.2. The Morgan fingerprint density at radius 3 is 2.75 bits per heavy atom. The first kappa shape index (κ1) is 16.9. The van der Waals surface area contributed by atoms with Crippen LogP contribution in [0.2, 0.25) is 0 Å². The molecule has 1 aromatic heterocycles. The molecule has 0 aliphatic carbocycles. The Morgan fingerprint density at radius 1 is 1.50 bits per heavy atom. The van der Waals surface area contributed by atoms with Gasteiger partial charge in [-0.3, -0.25) is 9.59 Å². The number of nitrogens with zero attached hydrogens (tertiary/aromatic N) is 1. The van der Waals surface area contributed by atoms with Crippen molar-refractivity contribution in [3.8, 4) is 0 Å². The van der Waals surface area contributed by atoms with E-state index < -0.39 is 0 Å². The fourth-order valence-corrected chi connectivity index (χ4v) is 2.65. The van der Waals surface area contributed by atoms with E-state index >= 15 is 0 Å². The van der Waals surface area contributed by atoms with E-state index in [2.05, 4.69) is 5.32 Å². The summed E-state index contributed by atoms with van der Waals surface area (Å²) in [7, 11) is 0. The van der Waals surface area contributed by atoms with E-state index in [1.165, 1.54) is 11.3 Å². The van der Waals surface area contributed by atoms with Crippen LogP contribution in [0.5, 0.6) is 0 Å². The summed E-state index contributed by atoms with van der Waals surface area (Å²) in [6, 6.07) is 0. The van der Waals surface area contributed by atoms with Crippen LogP contribution in [0.3, 0.4) is 0 Å². The Bertz CT molecular complexity index is 491. The van der Waals surface area contributed by atoms with E-state index in [9.17, 15) is 9.59 Å². The molecular weight excluding hydrogens is 276 g/mol. The summed E-state index contributed by atoms with van der Waals surface area (Å²) in [6.45, 7) is 7.19. The van der Waals surface area contributed by atoms with Gasteiger partial charge in [-0.25, -0.2) is 0 Å². The molecule has 0 unspecified atom stereocenters. The third-order valence-corrected chi connectivity index (χ3v) is 4.20. The molecule has 0 saturated heterocycles. The van der Waals surface area contributed by atoms with Crippen LogP contribution in [-0.2, 0) is 11.3 Å². The van der Waals surface area contributed by atoms with Gasteiger partial charge in [0.1, 0.15) is 0 Å². The first-order valence-electron chi connectivity index (χ1n) is 6.88. The number of aromatic nitrogens is 1. The molecule has 0 aliphatic heterocycles. The van der Waals surface area contributed by atoms with Crippen molar-refractivity contribution in [2.24, 2.45) is 5.41 Å². The Morgan fingerprint density at radius 2 is 2.20 bits per heavy atom. The number of hydrogen-bond acceptors (Lipinski definition) is 4. The van der Waals surface area contributed by atoms with Crippen LogP contribution < -0.4 is 10.2 Å². The molecule has 0 radical (unpaired) electrons. The van der Waals surface area contributed by atoms with E-state index in [0.717, 1.165) is 5.69 Å². The molecule has 0 bridgehead atoms. The maximum absolute atomic E-state index is 11.7. The third kappa shape index (κ3) is 5.46. The number of aliphatic hydroxyl groups excluding tert-OH is 1. The van der Waals surface area contributed by atoms with Crippen LogP contribution in [0.1, 0.15) is 38.8 Å². The Balaban J connectivity index is 2.29. The molecule has 5 nitrogen and oxygen atoms in total. The number of nitrogens with one attached hydrogen (secondary N) is 1. The summed E-state index contributed by atoms with van der Waals surface area (Å²) >= 11 is 1.19. The lowest BCUT2D eigenvalue weighted by Gasteiger charge is -2.23. The molecule has 6 heteroatoms. The first-order valence-corrected chi connectivity index (χ1v) is 7.76. The Kier molecular flexibility index (Phi) is 6.42.